The Morgan fingerprint density at radius 1 is 1.38 bits per heavy atom. The molecule has 0 heterocycles. The van der Waals surface area contributed by atoms with Crippen molar-refractivity contribution >= 4 is 0 Å². The molecule has 0 saturated heterocycles. The first-order chi connectivity index (χ1) is 7.61. The Bertz CT molecular complexity index is 324. The third-order valence-electron chi connectivity index (χ3n) is 2.37. The summed E-state index contributed by atoms with van der Waals surface area (Å²) in [5.41, 5.74) is 1.85. The Hall–Kier alpha value is -1.06. The second-order valence-corrected chi connectivity index (χ2v) is 4.18. The van der Waals surface area contributed by atoms with Crippen molar-refractivity contribution in [1.82, 2.24) is 5.32 Å². The van der Waals surface area contributed by atoms with Gasteiger partial charge in [0.1, 0.15) is 5.75 Å². The van der Waals surface area contributed by atoms with Gasteiger partial charge < -0.3 is 15.2 Å². The van der Waals surface area contributed by atoms with E-state index in [-0.39, 0.29) is 6.10 Å². The van der Waals surface area contributed by atoms with Gasteiger partial charge in [0.15, 0.2) is 0 Å². The van der Waals surface area contributed by atoms with Crippen molar-refractivity contribution < 1.29 is 9.84 Å². The third-order valence-corrected chi connectivity index (χ3v) is 2.37. The van der Waals surface area contributed by atoms with Gasteiger partial charge in [0, 0.05) is 18.7 Å². The lowest BCUT2D eigenvalue weighted by atomic mass is 10.1. The van der Waals surface area contributed by atoms with Crippen molar-refractivity contribution in [1.29, 1.82) is 0 Å². The lowest BCUT2D eigenvalue weighted by molar-refractivity contribution is 0.0807. The number of benzene rings is 1. The molecule has 1 aromatic rings. The van der Waals surface area contributed by atoms with Gasteiger partial charge in [0.2, 0.25) is 0 Å². The molecule has 0 aliphatic heterocycles. The highest BCUT2D eigenvalue weighted by Gasteiger charge is 2.02. The van der Waals surface area contributed by atoms with Gasteiger partial charge in [-0.05, 0) is 26.3 Å². The highest BCUT2D eigenvalue weighted by atomic mass is 16.5. The summed E-state index contributed by atoms with van der Waals surface area (Å²) in [6, 6.07) is 5.79. The average Bonchev–Trinajstić information content (AvgIpc) is 2.23. The Kier molecular flexibility index (Phi) is 5.29. The molecule has 0 spiro atoms. The fourth-order valence-electron chi connectivity index (χ4n) is 1.45. The minimum Gasteiger partial charge on any atom is -0.507 e. The molecule has 3 nitrogen and oxygen atoms in total. The van der Waals surface area contributed by atoms with Crippen molar-refractivity contribution in [3.8, 4) is 5.75 Å². The summed E-state index contributed by atoms with van der Waals surface area (Å²) in [6.07, 6.45) is 0.272. The summed E-state index contributed by atoms with van der Waals surface area (Å²) in [5, 5.41) is 13.0. The largest absolute Gasteiger partial charge is 0.507 e. The van der Waals surface area contributed by atoms with Crippen LogP contribution in [-0.4, -0.2) is 24.4 Å². The molecular formula is C13H21NO2. The minimum absolute atomic E-state index is 0.272. The van der Waals surface area contributed by atoms with E-state index >= 15 is 0 Å². The summed E-state index contributed by atoms with van der Waals surface area (Å²) >= 11 is 0. The van der Waals surface area contributed by atoms with Gasteiger partial charge >= 0.3 is 0 Å². The molecule has 90 valence electrons. The summed E-state index contributed by atoms with van der Waals surface area (Å²) in [5.74, 6) is 0.389. The lowest BCUT2D eigenvalue weighted by Gasteiger charge is -2.10. The van der Waals surface area contributed by atoms with Gasteiger partial charge in [0.25, 0.3) is 0 Å². The van der Waals surface area contributed by atoms with Crippen LogP contribution >= 0.6 is 0 Å². The molecule has 0 aliphatic carbocycles. The van der Waals surface area contributed by atoms with E-state index < -0.39 is 0 Å². The van der Waals surface area contributed by atoms with Gasteiger partial charge in [-0.15, -0.1) is 0 Å². The maximum absolute atomic E-state index is 9.77. The summed E-state index contributed by atoms with van der Waals surface area (Å²) in [7, 11) is 0. The third kappa shape index (κ3) is 4.21. The van der Waals surface area contributed by atoms with Crippen LogP contribution in [-0.2, 0) is 11.3 Å². The number of aryl methyl sites for hydroxylation is 1. The molecule has 0 bridgehead atoms. The molecule has 1 aromatic carbocycles. The number of phenols is 1. The highest BCUT2D eigenvalue weighted by Crippen LogP contribution is 2.20. The Morgan fingerprint density at radius 2 is 2.12 bits per heavy atom. The predicted octanol–water partition coefficient (Wildman–Crippen LogP) is 2.22. The highest BCUT2D eigenvalue weighted by molar-refractivity contribution is 5.39. The molecule has 0 saturated carbocycles. The van der Waals surface area contributed by atoms with E-state index in [0.29, 0.717) is 18.9 Å². The van der Waals surface area contributed by atoms with Crippen molar-refractivity contribution in [3.63, 3.8) is 0 Å². The molecule has 0 unspecified atom stereocenters. The standard InChI is InChI=1S/C13H21NO2/c1-10(2)16-8-7-14-9-12-6-4-5-11(3)13(12)15/h4-6,10,14-15H,7-9H2,1-3H3. The molecule has 0 radical (unpaired) electrons. The molecule has 16 heavy (non-hydrogen) atoms. The lowest BCUT2D eigenvalue weighted by Crippen LogP contribution is -2.21. The zero-order chi connectivity index (χ0) is 12.0. The van der Waals surface area contributed by atoms with E-state index in [1.807, 2.05) is 39.0 Å². The number of para-hydroxylation sites is 1. The second-order valence-electron chi connectivity index (χ2n) is 4.18. The Morgan fingerprint density at radius 3 is 2.81 bits per heavy atom. The fourth-order valence-corrected chi connectivity index (χ4v) is 1.45. The topological polar surface area (TPSA) is 41.5 Å². The molecule has 1 rings (SSSR count). The smallest absolute Gasteiger partial charge is 0.122 e. The molecular weight excluding hydrogens is 202 g/mol. The number of hydrogen-bond acceptors (Lipinski definition) is 3. The van der Waals surface area contributed by atoms with Crippen molar-refractivity contribution in [2.45, 2.75) is 33.4 Å². The first-order valence-corrected chi connectivity index (χ1v) is 5.71. The van der Waals surface area contributed by atoms with Crippen LogP contribution in [0, 0.1) is 6.92 Å². The first kappa shape index (κ1) is 13.0. The SMILES string of the molecule is Cc1cccc(CNCCOC(C)C)c1O. The van der Waals surface area contributed by atoms with Crippen LogP contribution in [0.3, 0.4) is 0 Å². The van der Waals surface area contributed by atoms with Crippen LogP contribution in [0.15, 0.2) is 18.2 Å². The van der Waals surface area contributed by atoms with Gasteiger partial charge in [-0.3, -0.25) is 0 Å². The van der Waals surface area contributed by atoms with Crippen LogP contribution in [0.5, 0.6) is 5.75 Å². The van der Waals surface area contributed by atoms with Crippen LogP contribution in [0.4, 0.5) is 0 Å². The monoisotopic (exact) mass is 223 g/mol. The Balaban J connectivity index is 2.29. The predicted molar refractivity (Wildman–Crippen MR) is 65.6 cm³/mol. The van der Waals surface area contributed by atoms with Crippen LogP contribution in [0.1, 0.15) is 25.0 Å². The van der Waals surface area contributed by atoms with E-state index in [0.717, 1.165) is 17.7 Å². The quantitative estimate of drug-likeness (QED) is 0.727. The number of rotatable bonds is 6. The molecule has 0 fully saturated rings. The summed E-state index contributed by atoms with van der Waals surface area (Å²) < 4.78 is 5.41. The van der Waals surface area contributed by atoms with Crippen LogP contribution in [0.2, 0.25) is 0 Å². The van der Waals surface area contributed by atoms with Gasteiger partial charge in [-0.1, -0.05) is 18.2 Å². The molecule has 0 atom stereocenters. The van der Waals surface area contributed by atoms with Crippen molar-refractivity contribution in [2.24, 2.45) is 0 Å². The summed E-state index contributed by atoms with van der Waals surface area (Å²) in [4.78, 5) is 0. The maximum Gasteiger partial charge on any atom is 0.122 e. The van der Waals surface area contributed by atoms with E-state index in [1.165, 1.54) is 0 Å². The van der Waals surface area contributed by atoms with E-state index in [1.54, 1.807) is 0 Å². The summed E-state index contributed by atoms with van der Waals surface area (Å²) in [6.45, 7) is 8.12. The number of phenolic OH excluding ortho intramolecular Hbond substituents is 1. The van der Waals surface area contributed by atoms with E-state index in [4.69, 9.17) is 4.74 Å². The van der Waals surface area contributed by atoms with Crippen LogP contribution in [0.25, 0.3) is 0 Å². The number of ether oxygens (including phenoxy) is 1. The number of nitrogens with one attached hydrogen (secondary N) is 1. The maximum atomic E-state index is 9.77. The molecule has 2 N–H and O–H groups in total. The van der Waals surface area contributed by atoms with Gasteiger partial charge in [0.05, 0.1) is 12.7 Å². The average molecular weight is 223 g/mol. The van der Waals surface area contributed by atoms with E-state index in [2.05, 4.69) is 5.32 Å². The Labute approximate surface area is 97.4 Å². The number of aromatic hydroxyl groups is 1. The van der Waals surface area contributed by atoms with Crippen molar-refractivity contribution in [3.05, 3.63) is 29.3 Å². The van der Waals surface area contributed by atoms with E-state index in [9.17, 15) is 5.11 Å². The minimum atomic E-state index is 0.272. The fraction of sp³-hybridized carbons (Fsp3) is 0.538. The molecule has 0 amide bonds. The molecule has 0 aliphatic rings. The van der Waals surface area contributed by atoms with Crippen molar-refractivity contribution in [2.75, 3.05) is 13.2 Å². The second kappa shape index (κ2) is 6.51. The molecule has 3 heteroatoms. The normalized spacial score (nSPS) is 11.0. The molecule has 0 aromatic heterocycles. The van der Waals surface area contributed by atoms with Gasteiger partial charge in [-0.2, -0.15) is 0 Å². The van der Waals surface area contributed by atoms with Gasteiger partial charge in [-0.25, -0.2) is 0 Å². The zero-order valence-corrected chi connectivity index (χ0v) is 10.3. The number of hydrogen-bond donors (Lipinski definition) is 2. The van der Waals surface area contributed by atoms with Crippen LogP contribution < -0.4 is 5.32 Å². The zero-order valence-electron chi connectivity index (χ0n) is 10.3. The first-order valence-electron chi connectivity index (χ1n) is 5.71.